The maximum Gasteiger partial charge on any atom is 0.142 e. The Morgan fingerprint density at radius 2 is 2.38 bits per heavy atom. The lowest BCUT2D eigenvalue weighted by atomic mass is 10.6. The van der Waals surface area contributed by atoms with E-state index in [2.05, 4.69) is 9.38 Å². The quantitative estimate of drug-likeness (QED) is 0.725. The molecule has 3 nitrogen and oxygen atoms in total. The van der Waals surface area contributed by atoms with E-state index >= 15 is 0 Å². The molecule has 0 aliphatic carbocycles. The van der Waals surface area contributed by atoms with Gasteiger partial charge in [-0.15, -0.1) is 11.3 Å². The maximum atomic E-state index is 11.2. The molecule has 0 saturated carbocycles. The van der Waals surface area contributed by atoms with Crippen molar-refractivity contribution in [2.45, 2.75) is 26.0 Å². The fraction of sp³-hybridized carbons (Fsp3) is 0.500. The molecule has 0 radical (unpaired) electrons. The first-order chi connectivity index (χ1) is 6.09. The molecule has 0 aliphatic heterocycles. The summed E-state index contributed by atoms with van der Waals surface area (Å²) in [6.45, 7) is 5.73. The van der Waals surface area contributed by atoms with Crippen LogP contribution in [0.1, 0.15) is 23.7 Å². The van der Waals surface area contributed by atoms with Gasteiger partial charge >= 0.3 is 0 Å². The minimum Gasteiger partial charge on any atom is -0.243 e. The predicted octanol–water partition coefficient (Wildman–Crippen LogP) is 1.94. The monoisotopic (exact) mass is 216 g/mol. The first-order valence-corrected chi connectivity index (χ1v) is 5.95. The summed E-state index contributed by atoms with van der Waals surface area (Å²) in [4.78, 5) is 5.22. The predicted molar refractivity (Wildman–Crippen MR) is 57.7 cm³/mol. The standard InChI is InChI=1S/C8H12N2OS2/c1-6(2)13(11)10-5-8-9-4-7(3)12-8/h4-6H,1-3H3/b10-5+. The van der Waals surface area contributed by atoms with Crippen molar-refractivity contribution >= 4 is 28.5 Å². The van der Waals surface area contributed by atoms with Crippen molar-refractivity contribution in [2.75, 3.05) is 0 Å². The largest absolute Gasteiger partial charge is 0.243 e. The molecule has 5 heteroatoms. The van der Waals surface area contributed by atoms with Crippen LogP contribution < -0.4 is 0 Å². The lowest BCUT2D eigenvalue weighted by Crippen LogP contribution is -2.01. The Labute approximate surface area is 84.5 Å². The van der Waals surface area contributed by atoms with E-state index in [1.54, 1.807) is 23.7 Å². The number of aromatic nitrogens is 1. The van der Waals surface area contributed by atoms with Gasteiger partial charge in [0.15, 0.2) is 0 Å². The Hall–Kier alpha value is -0.550. The van der Waals surface area contributed by atoms with Gasteiger partial charge in [0.2, 0.25) is 0 Å². The Balaban J connectivity index is 2.64. The average molecular weight is 216 g/mol. The van der Waals surface area contributed by atoms with Crippen molar-refractivity contribution in [3.8, 4) is 0 Å². The second-order valence-corrected chi connectivity index (χ2v) is 5.84. The van der Waals surface area contributed by atoms with Crippen LogP contribution >= 0.6 is 11.3 Å². The lowest BCUT2D eigenvalue weighted by molar-refractivity contribution is 0.678. The van der Waals surface area contributed by atoms with Gasteiger partial charge in [0.25, 0.3) is 0 Å². The minimum absolute atomic E-state index is 0.0670. The van der Waals surface area contributed by atoms with Crippen LogP contribution in [-0.2, 0) is 11.0 Å². The summed E-state index contributed by atoms with van der Waals surface area (Å²) < 4.78 is 15.1. The van der Waals surface area contributed by atoms with E-state index < -0.39 is 11.0 Å². The third-order valence-corrected chi connectivity index (χ3v) is 3.28. The minimum atomic E-state index is -1.13. The summed E-state index contributed by atoms with van der Waals surface area (Å²) in [5.41, 5.74) is 0. The maximum absolute atomic E-state index is 11.2. The van der Waals surface area contributed by atoms with E-state index in [4.69, 9.17) is 0 Å². The molecule has 0 N–H and O–H groups in total. The first-order valence-electron chi connectivity index (χ1n) is 3.97. The summed E-state index contributed by atoms with van der Waals surface area (Å²) in [7, 11) is -1.13. The Morgan fingerprint density at radius 1 is 1.69 bits per heavy atom. The van der Waals surface area contributed by atoms with Gasteiger partial charge in [-0.1, -0.05) is 0 Å². The molecular weight excluding hydrogens is 204 g/mol. The number of thiazole rings is 1. The lowest BCUT2D eigenvalue weighted by Gasteiger charge is -1.95. The summed E-state index contributed by atoms with van der Waals surface area (Å²) in [5.74, 6) is 0. The van der Waals surface area contributed by atoms with Crippen molar-refractivity contribution < 1.29 is 4.21 Å². The molecule has 0 amide bonds. The molecule has 1 rings (SSSR count). The normalized spacial score (nSPS) is 14.2. The van der Waals surface area contributed by atoms with Gasteiger partial charge in [0.05, 0.1) is 11.5 Å². The molecule has 72 valence electrons. The third-order valence-electron chi connectivity index (χ3n) is 1.31. The van der Waals surface area contributed by atoms with Gasteiger partial charge in [-0.05, 0) is 20.8 Å². The van der Waals surface area contributed by atoms with Crippen LogP contribution in [-0.4, -0.2) is 20.7 Å². The SMILES string of the molecule is Cc1cnc(/C=N/S(=O)C(C)C)s1. The van der Waals surface area contributed by atoms with Crippen LogP contribution in [0.25, 0.3) is 0 Å². The number of hydrogen-bond donors (Lipinski definition) is 0. The van der Waals surface area contributed by atoms with Crippen LogP contribution in [0.5, 0.6) is 0 Å². The van der Waals surface area contributed by atoms with Crippen molar-refractivity contribution in [1.82, 2.24) is 4.98 Å². The number of nitrogens with zero attached hydrogens (tertiary/aromatic N) is 2. The van der Waals surface area contributed by atoms with Gasteiger partial charge in [0.1, 0.15) is 16.0 Å². The molecule has 1 aromatic rings. The Kier molecular flexibility index (Phi) is 3.74. The van der Waals surface area contributed by atoms with Crippen LogP contribution in [0, 0.1) is 6.92 Å². The van der Waals surface area contributed by atoms with Crippen LogP contribution in [0.3, 0.4) is 0 Å². The molecule has 0 saturated heterocycles. The highest BCUT2D eigenvalue weighted by Crippen LogP contribution is 2.08. The van der Waals surface area contributed by atoms with E-state index in [1.807, 2.05) is 20.8 Å². The van der Waals surface area contributed by atoms with Crippen molar-refractivity contribution in [3.05, 3.63) is 16.1 Å². The van der Waals surface area contributed by atoms with Crippen molar-refractivity contribution in [2.24, 2.45) is 4.40 Å². The topological polar surface area (TPSA) is 42.3 Å². The van der Waals surface area contributed by atoms with Gasteiger partial charge in [-0.25, -0.2) is 9.19 Å². The highest BCUT2D eigenvalue weighted by molar-refractivity contribution is 7.84. The number of rotatable bonds is 3. The molecular formula is C8H12N2OS2. The second kappa shape index (κ2) is 4.62. The van der Waals surface area contributed by atoms with Gasteiger partial charge in [0, 0.05) is 11.1 Å². The summed E-state index contributed by atoms with van der Waals surface area (Å²) >= 11 is 1.55. The second-order valence-electron chi connectivity index (χ2n) is 2.87. The van der Waals surface area contributed by atoms with Crippen LogP contribution in [0.4, 0.5) is 0 Å². The molecule has 13 heavy (non-hydrogen) atoms. The first kappa shape index (κ1) is 10.5. The third kappa shape index (κ3) is 3.36. The molecule has 0 aliphatic rings. The van der Waals surface area contributed by atoms with Gasteiger partial charge < -0.3 is 0 Å². The zero-order chi connectivity index (χ0) is 9.84. The highest BCUT2D eigenvalue weighted by atomic mass is 32.2. The van der Waals surface area contributed by atoms with Crippen LogP contribution in [0.2, 0.25) is 0 Å². The fourth-order valence-electron chi connectivity index (χ4n) is 0.651. The Bertz CT molecular complexity index is 331. The number of hydrogen-bond acceptors (Lipinski definition) is 3. The fourth-order valence-corrected chi connectivity index (χ4v) is 1.81. The van der Waals surface area contributed by atoms with Gasteiger partial charge in [-0.2, -0.15) is 4.40 Å². The summed E-state index contributed by atoms with van der Waals surface area (Å²) in [5, 5.41) is 0.879. The zero-order valence-corrected chi connectivity index (χ0v) is 9.48. The average Bonchev–Trinajstić information content (AvgIpc) is 2.47. The molecule has 1 unspecified atom stereocenters. The van der Waals surface area contributed by atoms with Crippen molar-refractivity contribution in [1.29, 1.82) is 0 Å². The molecule has 0 aromatic carbocycles. The molecule has 1 heterocycles. The molecule has 0 bridgehead atoms. The van der Waals surface area contributed by atoms with Crippen molar-refractivity contribution in [3.63, 3.8) is 0 Å². The van der Waals surface area contributed by atoms with E-state index in [0.717, 1.165) is 9.88 Å². The molecule has 0 fully saturated rings. The molecule has 0 spiro atoms. The smallest absolute Gasteiger partial charge is 0.142 e. The van der Waals surface area contributed by atoms with E-state index in [-0.39, 0.29) is 5.25 Å². The summed E-state index contributed by atoms with van der Waals surface area (Å²) in [6, 6.07) is 0. The highest BCUT2D eigenvalue weighted by Gasteiger charge is 2.01. The Morgan fingerprint density at radius 3 is 2.85 bits per heavy atom. The number of aryl methyl sites for hydroxylation is 1. The molecule has 1 atom stereocenters. The summed E-state index contributed by atoms with van der Waals surface area (Å²) in [6.07, 6.45) is 3.36. The van der Waals surface area contributed by atoms with E-state index in [9.17, 15) is 4.21 Å². The van der Waals surface area contributed by atoms with E-state index in [0.29, 0.717) is 0 Å². The van der Waals surface area contributed by atoms with E-state index in [1.165, 1.54) is 0 Å². The van der Waals surface area contributed by atoms with Crippen LogP contribution in [0.15, 0.2) is 10.6 Å². The zero-order valence-electron chi connectivity index (χ0n) is 7.85. The molecule has 1 aromatic heterocycles. The van der Waals surface area contributed by atoms with Gasteiger partial charge in [-0.3, -0.25) is 0 Å².